The van der Waals surface area contributed by atoms with E-state index in [9.17, 15) is 35.7 Å². The molecular weight excluding hydrogens is 515 g/mol. The van der Waals surface area contributed by atoms with Crippen LogP contribution in [0.3, 0.4) is 0 Å². The molecule has 2 aromatic heterocycles. The van der Waals surface area contributed by atoms with Gasteiger partial charge in [-0.05, 0) is 5.92 Å². The van der Waals surface area contributed by atoms with Gasteiger partial charge in [-0.3, -0.25) is 18.9 Å². The quantitative estimate of drug-likeness (QED) is 0.239. The minimum atomic E-state index is -4.94. The molecule has 18 heteroatoms. The molecular formula is C17H22F6N5O6P. The number of alkyl halides is 6. The number of hydrogen-bond donors (Lipinski definition) is 1. The first-order valence-electron chi connectivity index (χ1n) is 9.86. The van der Waals surface area contributed by atoms with Crippen LogP contribution in [-0.2, 0) is 29.6 Å². The summed E-state index contributed by atoms with van der Waals surface area (Å²) in [6.07, 6.45) is -9.39. The van der Waals surface area contributed by atoms with Crippen molar-refractivity contribution in [1.29, 1.82) is 0 Å². The van der Waals surface area contributed by atoms with E-state index < -0.39 is 45.6 Å². The van der Waals surface area contributed by atoms with Gasteiger partial charge in [-0.25, -0.2) is 19.7 Å². The molecule has 0 aliphatic carbocycles. The number of carbonyl (C=O) groups excluding carboxylic acids is 1. The van der Waals surface area contributed by atoms with E-state index in [0.29, 0.717) is 0 Å². The summed E-state index contributed by atoms with van der Waals surface area (Å²) >= 11 is 0. The van der Waals surface area contributed by atoms with Gasteiger partial charge >= 0.3 is 26.0 Å². The predicted octanol–water partition coefficient (Wildman–Crippen LogP) is 4.36. The minimum absolute atomic E-state index is 0.0500. The van der Waals surface area contributed by atoms with E-state index in [2.05, 4.69) is 29.3 Å². The van der Waals surface area contributed by atoms with Crippen molar-refractivity contribution in [2.45, 2.75) is 32.7 Å². The Bertz CT molecular complexity index is 1010. The van der Waals surface area contributed by atoms with E-state index in [4.69, 9.17) is 9.47 Å². The van der Waals surface area contributed by atoms with Crippen molar-refractivity contribution >= 4 is 30.7 Å². The number of fused-ring (bicyclic) bond motifs is 1. The lowest BCUT2D eigenvalue weighted by Gasteiger charge is -2.20. The van der Waals surface area contributed by atoms with Gasteiger partial charge in [-0.15, -0.1) is 0 Å². The first-order chi connectivity index (χ1) is 16.2. The van der Waals surface area contributed by atoms with Crippen molar-refractivity contribution in [2.75, 3.05) is 38.1 Å². The molecule has 2 rings (SSSR count). The van der Waals surface area contributed by atoms with Crippen molar-refractivity contribution in [3.8, 4) is 0 Å². The maximum atomic E-state index is 12.4. The molecule has 0 spiro atoms. The number of hydrogen-bond acceptors (Lipinski definition) is 9. The molecule has 198 valence electrons. The number of rotatable bonds is 12. The van der Waals surface area contributed by atoms with Crippen LogP contribution in [-0.4, -0.2) is 70.7 Å². The summed E-state index contributed by atoms with van der Waals surface area (Å²) in [6.45, 7) is -0.664. The van der Waals surface area contributed by atoms with Crippen LogP contribution < -0.4 is 5.32 Å². The molecule has 0 unspecified atom stereocenters. The van der Waals surface area contributed by atoms with Crippen LogP contribution in [0.2, 0.25) is 0 Å². The number of ether oxygens (including phenoxy) is 2. The largest absolute Gasteiger partial charge is 0.449 e. The SMILES string of the molecule is CC(C)COC(=O)Nc1ncnc2c1ncn2CCOCP(=O)(OCC(F)(F)F)OCC(F)(F)F. The standard InChI is InChI=1S/C17H22F6N5O6P/c1-11(2)5-32-15(29)27-13-12-14(25-8-24-13)28(9-26-12)3-4-31-10-35(30,33-6-16(18,19)20)34-7-17(21,22)23/h8-9,11H,3-7,10H2,1-2H3,(H,24,25,27,29). The lowest BCUT2D eigenvalue weighted by Crippen LogP contribution is -2.21. The van der Waals surface area contributed by atoms with Crippen molar-refractivity contribution in [1.82, 2.24) is 19.5 Å². The summed E-state index contributed by atoms with van der Waals surface area (Å²) in [5.41, 5.74) is 0.411. The lowest BCUT2D eigenvalue weighted by molar-refractivity contribution is -0.166. The molecule has 0 saturated carbocycles. The molecule has 11 nitrogen and oxygen atoms in total. The summed E-state index contributed by atoms with van der Waals surface area (Å²) in [7, 11) is -4.88. The van der Waals surface area contributed by atoms with Crippen LogP contribution in [0.4, 0.5) is 37.0 Å². The van der Waals surface area contributed by atoms with E-state index >= 15 is 0 Å². The van der Waals surface area contributed by atoms with Gasteiger partial charge in [0.25, 0.3) is 0 Å². The Morgan fingerprint density at radius 1 is 1.09 bits per heavy atom. The molecule has 0 aromatic carbocycles. The van der Waals surface area contributed by atoms with Crippen molar-refractivity contribution < 1.29 is 54.2 Å². The third-order valence-electron chi connectivity index (χ3n) is 3.75. The third kappa shape index (κ3) is 10.3. The molecule has 0 aliphatic rings. The molecule has 2 aromatic rings. The molecule has 0 radical (unpaired) electrons. The number of aromatic nitrogens is 4. The monoisotopic (exact) mass is 537 g/mol. The first kappa shape index (κ1) is 28.7. The molecule has 1 amide bonds. The van der Waals surface area contributed by atoms with Crippen LogP contribution in [0.5, 0.6) is 0 Å². The fourth-order valence-electron chi connectivity index (χ4n) is 2.31. The van der Waals surface area contributed by atoms with Crippen LogP contribution in [0, 0.1) is 5.92 Å². The molecule has 0 aliphatic heterocycles. The highest BCUT2D eigenvalue weighted by molar-refractivity contribution is 7.53. The number of amides is 1. The van der Waals surface area contributed by atoms with Gasteiger partial charge in [0.05, 0.1) is 19.5 Å². The Hall–Kier alpha value is -2.49. The van der Waals surface area contributed by atoms with Gasteiger partial charge in [0.1, 0.15) is 12.7 Å². The average molecular weight is 537 g/mol. The summed E-state index contributed by atoms with van der Waals surface area (Å²) in [6, 6.07) is 0. The zero-order valence-corrected chi connectivity index (χ0v) is 19.3. The maximum Gasteiger partial charge on any atom is 0.412 e. The zero-order valence-electron chi connectivity index (χ0n) is 18.4. The van der Waals surface area contributed by atoms with Crippen molar-refractivity contribution in [3.63, 3.8) is 0 Å². The predicted molar refractivity (Wildman–Crippen MR) is 108 cm³/mol. The molecule has 1 N–H and O–H groups in total. The Kier molecular flexibility index (Phi) is 9.83. The van der Waals surface area contributed by atoms with Crippen molar-refractivity contribution in [3.05, 3.63) is 12.7 Å². The number of imidazole rings is 1. The van der Waals surface area contributed by atoms with Gasteiger partial charge in [-0.1, -0.05) is 13.8 Å². The summed E-state index contributed by atoms with van der Waals surface area (Å²) in [5, 5.41) is 2.42. The number of nitrogens with one attached hydrogen (secondary N) is 1. The minimum Gasteiger partial charge on any atom is -0.449 e. The van der Waals surface area contributed by atoms with Gasteiger partial charge in [-0.2, -0.15) is 26.3 Å². The lowest BCUT2D eigenvalue weighted by atomic mass is 10.2. The highest BCUT2D eigenvalue weighted by Crippen LogP contribution is 2.50. The van der Waals surface area contributed by atoms with E-state index in [1.807, 2.05) is 13.8 Å². The number of anilines is 1. The molecule has 35 heavy (non-hydrogen) atoms. The molecule has 0 saturated heterocycles. The second kappa shape index (κ2) is 12.0. The zero-order chi connectivity index (χ0) is 26.3. The van der Waals surface area contributed by atoms with Gasteiger partial charge in [0, 0.05) is 6.54 Å². The normalized spacial score (nSPS) is 12.9. The topological polar surface area (TPSA) is 127 Å². The average Bonchev–Trinajstić information content (AvgIpc) is 3.16. The Morgan fingerprint density at radius 2 is 1.71 bits per heavy atom. The highest BCUT2D eigenvalue weighted by atomic mass is 31.2. The van der Waals surface area contributed by atoms with Crippen LogP contribution in [0.25, 0.3) is 11.2 Å². The number of nitrogens with zero attached hydrogens (tertiary/aromatic N) is 4. The van der Waals surface area contributed by atoms with Crippen LogP contribution in [0.15, 0.2) is 12.7 Å². The second-order valence-corrected chi connectivity index (χ2v) is 9.37. The second-order valence-electron chi connectivity index (χ2n) is 7.38. The summed E-state index contributed by atoms with van der Waals surface area (Å²) in [4.78, 5) is 23.9. The van der Waals surface area contributed by atoms with Gasteiger partial charge in [0.2, 0.25) is 0 Å². The number of carbonyl (C=O) groups is 1. The molecule has 0 bridgehead atoms. The van der Waals surface area contributed by atoms with E-state index in [0.717, 1.165) is 6.33 Å². The third-order valence-corrected chi connectivity index (χ3v) is 5.29. The number of halogens is 6. The van der Waals surface area contributed by atoms with E-state index in [1.165, 1.54) is 10.9 Å². The molecule has 2 heterocycles. The van der Waals surface area contributed by atoms with Gasteiger partial charge < -0.3 is 14.0 Å². The maximum absolute atomic E-state index is 12.4. The van der Waals surface area contributed by atoms with Crippen molar-refractivity contribution in [2.24, 2.45) is 5.92 Å². The fourth-order valence-corrected chi connectivity index (χ4v) is 3.57. The van der Waals surface area contributed by atoms with Crippen LogP contribution >= 0.6 is 7.60 Å². The van der Waals surface area contributed by atoms with E-state index in [1.54, 1.807) is 0 Å². The Labute approximate surface area is 194 Å². The van der Waals surface area contributed by atoms with Gasteiger partial charge in [0.15, 0.2) is 30.2 Å². The van der Waals surface area contributed by atoms with Crippen LogP contribution in [0.1, 0.15) is 13.8 Å². The summed E-state index contributed by atoms with van der Waals surface area (Å²) < 4.78 is 106. The fraction of sp³-hybridized carbons (Fsp3) is 0.647. The Morgan fingerprint density at radius 3 is 2.29 bits per heavy atom. The first-order valence-corrected chi connectivity index (χ1v) is 11.6. The Balaban J connectivity index is 1.98. The molecule has 0 atom stereocenters. The highest BCUT2D eigenvalue weighted by Gasteiger charge is 2.38. The molecule has 0 fully saturated rings. The smallest absolute Gasteiger partial charge is 0.412 e. The summed E-state index contributed by atoms with van der Waals surface area (Å²) in [5.74, 6) is 0.160. The van der Waals surface area contributed by atoms with E-state index in [-0.39, 0.29) is 42.7 Å².